The van der Waals surface area contributed by atoms with Gasteiger partial charge in [0, 0.05) is 50.5 Å². The fourth-order valence-corrected chi connectivity index (χ4v) is 3.65. The number of aromatic nitrogens is 3. The summed E-state index contributed by atoms with van der Waals surface area (Å²) in [5.41, 5.74) is 2.37. The van der Waals surface area contributed by atoms with Crippen molar-refractivity contribution in [2.24, 2.45) is 0 Å². The van der Waals surface area contributed by atoms with Gasteiger partial charge in [-0.05, 0) is 30.3 Å². The molecule has 1 aromatic heterocycles. The number of anilines is 5. The number of halogens is 1. The number of rotatable bonds is 6. The fourth-order valence-electron chi connectivity index (χ4n) is 3.49. The monoisotopic (exact) mass is 453 g/mol. The van der Waals surface area contributed by atoms with Crippen LogP contribution in [0.25, 0.3) is 0 Å². The molecule has 32 heavy (non-hydrogen) atoms. The lowest BCUT2D eigenvalue weighted by Gasteiger charge is -2.36. The summed E-state index contributed by atoms with van der Waals surface area (Å²) in [6, 6.07) is 13.3. The predicted molar refractivity (Wildman–Crippen MR) is 126 cm³/mol. The van der Waals surface area contributed by atoms with E-state index in [1.165, 1.54) is 13.3 Å². The quantitative estimate of drug-likeness (QED) is 0.585. The van der Waals surface area contributed by atoms with Crippen LogP contribution in [0.15, 0.2) is 48.8 Å². The number of ether oxygens (including phenoxy) is 1. The van der Waals surface area contributed by atoms with Crippen molar-refractivity contribution in [2.45, 2.75) is 6.92 Å². The van der Waals surface area contributed by atoms with Gasteiger partial charge in [-0.25, -0.2) is 9.97 Å². The molecule has 1 amide bonds. The molecule has 0 aliphatic carbocycles. The Kier molecular flexibility index (Phi) is 6.55. The Balaban J connectivity index is 1.42. The minimum absolute atomic E-state index is 0.195. The highest BCUT2D eigenvalue weighted by Crippen LogP contribution is 2.27. The largest absolute Gasteiger partial charge is 0.497 e. The number of amides is 1. The Morgan fingerprint density at radius 2 is 1.84 bits per heavy atom. The summed E-state index contributed by atoms with van der Waals surface area (Å²) in [6.07, 6.45) is 1.49. The zero-order valence-electron chi connectivity index (χ0n) is 17.9. The number of carbonyl (C=O) groups excluding carboxylic acids is 1. The molecule has 1 aliphatic rings. The lowest BCUT2D eigenvalue weighted by molar-refractivity contribution is -0.114. The minimum atomic E-state index is -0.195. The minimum Gasteiger partial charge on any atom is -0.497 e. The zero-order valence-corrected chi connectivity index (χ0v) is 18.6. The van der Waals surface area contributed by atoms with E-state index >= 15 is 0 Å². The number of nitrogens with one attached hydrogen (secondary N) is 2. The van der Waals surface area contributed by atoms with Crippen LogP contribution < -0.4 is 25.2 Å². The topological polar surface area (TPSA) is 95.5 Å². The van der Waals surface area contributed by atoms with E-state index in [0.29, 0.717) is 28.3 Å². The van der Waals surface area contributed by atoms with Gasteiger partial charge in [0.1, 0.15) is 12.1 Å². The van der Waals surface area contributed by atoms with Gasteiger partial charge in [0.25, 0.3) is 0 Å². The molecule has 0 unspecified atom stereocenters. The van der Waals surface area contributed by atoms with Crippen molar-refractivity contribution in [3.05, 3.63) is 53.8 Å². The maximum absolute atomic E-state index is 11.4. The number of hydrogen-bond acceptors (Lipinski definition) is 8. The van der Waals surface area contributed by atoms with Crippen LogP contribution in [0.3, 0.4) is 0 Å². The maximum atomic E-state index is 11.4. The standard InChI is InChI=1S/C22H24ClN7O2/c1-15(31)26-20-12-16(6-7-19(20)23)27-21-24-14-25-22(28-21)30-10-8-29(9-11-30)17-4-3-5-18(13-17)32-2/h3-7,12-14H,8-11H2,1-2H3,(H,26,31)(H,24,25,27,28). The molecule has 0 spiro atoms. The van der Waals surface area contributed by atoms with Crippen molar-refractivity contribution >= 4 is 46.5 Å². The second-order valence-electron chi connectivity index (χ2n) is 7.29. The summed E-state index contributed by atoms with van der Waals surface area (Å²) in [6.45, 7) is 4.70. The van der Waals surface area contributed by atoms with Crippen LogP contribution in [0.5, 0.6) is 5.75 Å². The molecule has 1 fully saturated rings. The van der Waals surface area contributed by atoms with Crippen LogP contribution in [-0.2, 0) is 4.79 Å². The van der Waals surface area contributed by atoms with Crippen molar-refractivity contribution in [1.82, 2.24) is 15.0 Å². The summed E-state index contributed by atoms with van der Waals surface area (Å²) >= 11 is 6.14. The molecule has 0 radical (unpaired) electrons. The third kappa shape index (κ3) is 5.17. The summed E-state index contributed by atoms with van der Waals surface area (Å²) < 4.78 is 5.33. The molecule has 10 heteroatoms. The highest BCUT2D eigenvalue weighted by atomic mass is 35.5. The first kappa shape index (κ1) is 21.6. The van der Waals surface area contributed by atoms with Gasteiger partial charge in [0.05, 0.1) is 17.8 Å². The summed E-state index contributed by atoms with van der Waals surface area (Å²) in [5, 5.41) is 6.31. The summed E-state index contributed by atoms with van der Waals surface area (Å²) in [7, 11) is 1.67. The second kappa shape index (κ2) is 9.69. The number of nitrogens with zero attached hydrogens (tertiary/aromatic N) is 5. The van der Waals surface area contributed by atoms with Gasteiger partial charge in [-0.2, -0.15) is 4.98 Å². The molecule has 0 saturated carbocycles. The Morgan fingerprint density at radius 1 is 1.06 bits per heavy atom. The molecule has 1 aliphatic heterocycles. The van der Waals surface area contributed by atoms with Gasteiger partial charge in [-0.15, -0.1) is 0 Å². The third-order valence-electron chi connectivity index (χ3n) is 5.07. The molecular weight excluding hydrogens is 430 g/mol. The summed E-state index contributed by atoms with van der Waals surface area (Å²) in [5.74, 6) is 1.69. The van der Waals surface area contributed by atoms with Gasteiger partial charge in [-0.1, -0.05) is 17.7 Å². The van der Waals surface area contributed by atoms with Gasteiger partial charge in [0.2, 0.25) is 17.8 Å². The predicted octanol–water partition coefficient (Wildman–Crippen LogP) is 3.56. The van der Waals surface area contributed by atoms with E-state index in [-0.39, 0.29) is 5.91 Å². The van der Waals surface area contributed by atoms with E-state index in [9.17, 15) is 4.79 Å². The third-order valence-corrected chi connectivity index (χ3v) is 5.40. The Hall–Kier alpha value is -3.59. The molecule has 2 N–H and O–H groups in total. The number of methoxy groups -OCH3 is 1. The van der Waals surface area contributed by atoms with E-state index in [1.807, 2.05) is 18.2 Å². The molecule has 2 heterocycles. The first-order chi connectivity index (χ1) is 15.5. The second-order valence-corrected chi connectivity index (χ2v) is 7.69. The molecular formula is C22H24ClN7O2. The molecule has 4 rings (SSSR count). The van der Waals surface area contributed by atoms with Crippen LogP contribution in [0.2, 0.25) is 5.02 Å². The molecule has 0 bridgehead atoms. The smallest absolute Gasteiger partial charge is 0.231 e. The van der Waals surface area contributed by atoms with Crippen molar-refractivity contribution in [2.75, 3.05) is 53.7 Å². The Labute approximate surface area is 191 Å². The molecule has 2 aromatic carbocycles. The van der Waals surface area contributed by atoms with Gasteiger partial charge in [0.15, 0.2) is 0 Å². The first-order valence-electron chi connectivity index (χ1n) is 10.2. The van der Waals surface area contributed by atoms with Crippen molar-refractivity contribution < 1.29 is 9.53 Å². The molecule has 0 atom stereocenters. The Morgan fingerprint density at radius 3 is 2.59 bits per heavy atom. The van der Waals surface area contributed by atoms with E-state index in [2.05, 4.69) is 41.5 Å². The van der Waals surface area contributed by atoms with Crippen LogP contribution in [0.1, 0.15) is 6.92 Å². The SMILES string of the molecule is COc1cccc(N2CCN(c3ncnc(Nc4ccc(Cl)c(NC(C)=O)c4)n3)CC2)c1. The van der Waals surface area contributed by atoms with Crippen molar-refractivity contribution in [1.29, 1.82) is 0 Å². The average molecular weight is 454 g/mol. The first-order valence-corrected chi connectivity index (χ1v) is 10.6. The van der Waals surface area contributed by atoms with E-state index < -0.39 is 0 Å². The lowest BCUT2D eigenvalue weighted by Crippen LogP contribution is -2.47. The van der Waals surface area contributed by atoms with Crippen LogP contribution in [0.4, 0.5) is 29.0 Å². The van der Waals surface area contributed by atoms with E-state index in [0.717, 1.165) is 37.6 Å². The van der Waals surface area contributed by atoms with Crippen LogP contribution >= 0.6 is 11.6 Å². The molecule has 166 valence electrons. The number of hydrogen-bond donors (Lipinski definition) is 2. The number of piperazine rings is 1. The highest BCUT2D eigenvalue weighted by molar-refractivity contribution is 6.33. The van der Waals surface area contributed by atoms with Gasteiger partial charge < -0.3 is 25.2 Å². The maximum Gasteiger partial charge on any atom is 0.231 e. The van der Waals surface area contributed by atoms with Crippen molar-refractivity contribution in [3.8, 4) is 5.75 Å². The van der Waals surface area contributed by atoms with E-state index in [1.54, 1.807) is 25.3 Å². The van der Waals surface area contributed by atoms with E-state index in [4.69, 9.17) is 16.3 Å². The number of carbonyl (C=O) groups is 1. The van der Waals surface area contributed by atoms with Crippen molar-refractivity contribution in [3.63, 3.8) is 0 Å². The highest BCUT2D eigenvalue weighted by Gasteiger charge is 2.20. The fraction of sp³-hybridized carbons (Fsp3) is 0.273. The molecule has 3 aromatic rings. The van der Waals surface area contributed by atoms with Crippen LogP contribution in [0, 0.1) is 0 Å². The number of benzene rings is 2. The van der Waals surface area contributed by atoms with Gasteiger partial charge in [-0.3, -0.25) is 4.79 Å². The molecule has 1 saturated heterocycles. The molecule has 9 nitrogen and oxygen atoms in total. The average Bonchev–Trinajstić information content (AvgIpc) is 2.81. The van der Waals surface area contributed by atoms with Gasteiger partial charge >= 0.3 is 0 Å². The zero-order chi connectivity index (χ0) is 22.5. The normalized spacial score (nSPS) is 13.6. The lowest BCUT2D eigenvalue weighted by atomic mass is 10.2. The van der Waals surface area contributed by atoms with Crippen LogP contribution in [-0.4, -0.2) is 54.1 Å². The summed E-state index contributed by atoms with van der Waals surface area (Å²) in [4.78, 5) is 28.9. The Bertz CT molecular complexity index is 1100.